The fourth-order valence-electron chi connectivity index (χ4n) is 0.660. The fraction of sp³-hybridized carbons (Fsp3) is 0.600. The number of anilines is 1. The summed E-state index contributed by atoms with van der Waals surface area (Å²) < 4.78 is 4.71. The van der Waals surface area contributed by atoms with Gasteiger partial charge in [-0.15, -0.1) is 5.10 Å². The van der Waals surface area contributed by atoms with Crippen molar-refractivity contribution in [1.82, 2.24) is 10.4 Å². The highest BCUT2D eigenvalue weighted by atomic mass is 16.5. The molecular weight excluding hydrogens is 118 g/mol. The molecule has 2 rings (SSSR count). The zero-order chi connectivity index (χ0) is 6.10. The standard InChI is InChI=1S/C5H7N3O/c1-2-4(1)7-5-3-6-8-9-5/h3-4,7H,1-2H2. The summed E-state index contributed by atoms with van der Waals surface area (Å²) in [6, 6.07) is 0.611. The Hall–Kier alpha value is -1.06. The van der Waals surface area contributed by atoms with E-state index in [4.69, 9.17) is 4.52 Å². The topological polar surface area (TPSA) is 51.0 Å². The third-order valence-electron chi connectivity index (χ3n) is 1.29. The van der Waals surface area contributed by atoms with Crippen molar-refractivity contribution in [1.29, 1.82) is 0 Å². The minimum Gasteiger partial charge on any atom is -0.350 e. The fourth-order valence-corrected chi connectivity index (χ4v) is 0.660. The van der Waals surface area contributed by atoms with Crippen LogP contribution in [0.5, 0.6) is 0 Å². The van der Waals surface area contributed by atoms with Crippen molar-refractivity contribution in [3.05, 3.63) is 6.20 Å². The Balaban J connectivity index is 1.99. The maximum Gasteiger partial charge on any atom is 0.245 e. The van der Waals surface area contributed by atoms with Crippen LogP contribution in [0.2, 0.25) is 0 Å². The molecule has 0 unspecified atom stereocenters. The van der Waals surface area contributed by atoms with Crippen LogP contribution in [-0.4, -0.2) is 16.4 Å². The monoisotopic (exact) mass is 125 g/mol. The van der Waals surface area contributed by atoms with E-state index < -0.39 is 0 Å². The van der Waals surface area contributed by atoms with Crippen molar-refractivity contribution < 1.29 is 4.52 Å². The van der Waals surface area contributed by atoms with Crippen LogP contribution >= 0.6 is 0 Å². The molecule has 0 aliphatic heterocycles. The van der Waals surface area contributed by atoms with Gasteiger partial charge in [-0.25, -0.2) is 0 Å². The predicted octanol–water partition coefficient (Wildman–Crippen LogP) is 0.644. The van der Waals surface area contributed by atoms with E-state index in [-0.39, 0.29) is 0 Å². The zero-order valence-electron chi connectivity index (χ0n) is 4.87. The molecular formula is C5H7N3O. The molecule has 9 heavy (non-hydrogen) atoms. The molecule has 0 amide bonds. The molecule has 1 aliphatic rings. The van der Waals surface area contributed by atoms with Crippen LogP contribution in [-0.2, 0) is 0 Å². The maximum atomic E-state index is 4.71. The Morgan fingerprint density at radius 2 is 2.56 bits per heavy atom. The molecule has 1 aromatic heterocycles. The summed E-state index contributed by atoms with van der Waals surface area (Å²) in [6.45, 7) is 0. The van der Waals surface area contributed by atoms with Gasteiger partial charge in [-0.2, -0.15) is 0 Å². The summed E-state index contributed by atoms with van der Waals surface area (Å²) in [5.74, 6) is 0.678. The molecule has 4 heteroatoms. The lowest BCUT2D eigenvalue weighted by Crippen LogP contribution is -1.98. The van der Waals surface area contributed by atoms with E-state index in [0.717, 1.165) is 0 Å². The summed E-state index contributed by atoms with van der Waals surface area (Å²) in [5, 5.41) is 9.94. The number of hydrogen-bond donors (Lipinski definition) is 1. The van der Waals surface area contributed by atoms with E-state index in [1.165, 1.54) is 12.8 Å². The molecule has 0 spiro atoms. The summed E-state index contributed by atoms with van der Waals surface area (Å²) >= 11 is 0. The molecule has 0 aromatic carbocycles. The van der Waals surface area contributed by atoms with Gasteiger partial charge in [0.2, 0.25) is 5.88 Å². The largest absolute Gasteiger partial charge is 0.350 e. The van der Waals surface area contributed by atoms with Crippen molar-refractivity contribution >= 4 is 5.88 Å². The first kappa shape index (κ1) is 4.78. The van der Waals surface area contributed by atoms with Crippen LogP contribution < -0.4 is 5.32 Å². The lowest BCUT2D eigenvalue weighted by atomic mass is 10.6. The SMILES string of the molecule is c1nnoc1NC1CC1. The van der Waals surface area contributed by atoms with Gasteiger partial charge < -0.3 is 9.84 Å². The van der Waals surface area contributed by atoms with Crippen molar-refractivity contribution in [3.63, 3.8) is 0 Å². The van der Waals surface area contributed by atoms with E-state index in [1.807, 2.05) is 0 Å². The minimum absolute atomic E-state index is 0.611. The number of aromatic nitrogens is 2. The van der Waals surface area contributed by atoms with Crippen LogP contribution in [0.15, 0.2) is 10.7 Å². The predicted molar refractivity (Wildman–Crippen MR) is 30.9 cm³/mol. The van der Waals surface area contributed by atoms with E-state index in [2.05, 4.69) is 15.7 Å². The van der Waals surface area contributed by atoms with E-state index >= 15 is 0 Å². The molecule has 48 valence electrons. The summed E-state index contributed by atoms with van der Waals surface area (Å²) in [5.41, 5.74) is 0. The van der Waals surface area contributed by atoms with Crippen molar-refractivity contribution in [2.24, 2.45) is 0 Å². The highest BCUT2D eigenvalue weighted by molar-refractivity contribution is 5.28. The van der Waals surface area contributed by atoms with Gasteiger partial charge in [-0.1, -0.05) is 0 Å². The molecule has 4 nitrogen and oxygen atoms in total. The summed E-state index contributed by atoms with van der Waals surface area (Å²) in [4.78, 5) is 0. The van der Waals surface area contributed by atoms with Gasteiger partial charge in [0.1, 0.15) is 6.20 Å². The summed E-state index contributed by atoms with van der Waals surface area (Å²) in [7, 11) is 0. The lowest BCUT2D eigenvalue weighted by molar-refractivity contribution is 0.403. The molecule has 0 radical (unpaired) electrons. The van der Waals surface area contributed by atoms with E-state index in [0.29, 0.717) is 11.9 Å². The van der Waals surface area contributed by atoms with Gasteiger partial charge in [0, 0.05) is 11.3 Å². The molecule has 1 aliphatic carbocycles. The average Bonchev–Trinajstić information content (AvgIpc) is 2.46. The number of nitrogens with zero attached hydrogens (tertiary/aromatic N) is 2. The Morgan fingerprint density at radius 1 is 1.67 bits per heavy atom. The number of hydrogen-bond acceptors (Lipinski definition) is 4. The third kappa shape index (κ3) is 1.01. The Morgan fingerprint density at radius 3 is 3.11 bits per heavy atom. The van der Waals surface area contributed by atoms with Gasteiger partial charge in [0.15, 0.2) is 0 Å². The Bertz CT molecular complexity index is 180. The third-order valence-corrected chi connectivity index (χ3v) is 1.29. The Labute approximate surface area is 52.2 Å². The second kappa shape index (κ2) is 1.72. The van der Waals surface area contributed by atoms with Gasteiger partial charge in [-0.05, 0) is 12.8 Å². The number of nitrogens with one attached hydrogen (secondary N) is 1. The maximum absolute atomic E-state index is 4.71. The van der Waals surface area contributed by atoms with Crippen molar-refractivity contribution in [3.8, 4) is 0 Å². The molecule has 1 saturated carbocycles. The van der Waals surface area contributed by atoms with Gasteiger partial charge in [0.25, 0.3) is 0 Å². The first-order valence-corrected chi connectivity index (χ1v) is 2.99. The van der Waals surface area contributed by atoms with E-state index in [1.54, 1.807) is 6.20 Å². The molecule has 0 saturated heterocycles. The lowest BCUT2D eigenvalue weighted by Gasteiger charge is -1.92. The minimum atomic E-state index is 0.611. The number of rotatable bonds is 2. The smallest absolute Gasteiger partial charge is 0.245 e. The molecule has 1 fully saturated rings. The van der Waals surface area contributed by atoms with Crippen LogP contribution in [0.3, 0.4) is 0 Å². The van der Waals surface area contributed by atoms with Crippen LogP contribution in [0.25, 0.3) is 0 Å². The highest BCUT2D eigenvalue weighted by Gasteiger charge is 2.21. The van der Waals surface area contributed by atoms with Gasteiger partial charge in [-0.3, -0.25) is 0 Å². The van der Waals surface area contributed by atoms with E-state index in [9.17, 15) is 0 Å². The second-order valence-electron chi connectivity index (χ2n) is 2.20. The van der Waals surface area contributed by atoms with Gasteiger partial charge in [0.05, 0.1) is 0 Å². The first-order chi connectivity index (χ1) is 4.45. The molecule has 1 N–H and O–H groups in total. The second-order valence-corrected chi connectivity index (χ2v) is 2.20. The summed E-state index contributed by atoms with van der Waals surface area (Å²) in [6.07, 6.45) is 4.06. The highest BCUT2D eigenvalue weighted by Crippen LogP contribution is 2.23. The molecule has 1 heterocycles. The average molecular weight is 125 g/mol. The van der Waals surface area contributed by atoms with Gasteiger partial charge >= 0.3 is 0 Å². The quantitative estimate of drug-likeness (QED) is 0.630. The molecule has 0 atom stereocenters. The molecule has 1 aromatic rings. The zero-order valence-corrected chi connectivity index (χ0v) is 4.87. The first-order valence-electron chi connectivity index (χ1n) is 2.99. The Kier molecular flexibility index (Phi) is 0.913. The van der Waals surface area contributed by atoms with Crippen LogP contribution in [0.1, 0.15) is 12.8 Å². The van der Waals surface area contributed by atoms with Crippen LogP contribution in [0, 0.1) is 0 Å². The van der Waals surface area contributed by atoms with Crippen molar-refractivity contribution in [2.45, 2.75) is 18.9 Å². The van der Waals surface area contributed by atoms with Crippen LogP contribution in [0.4, 0.5) is 5.88 Å². The molecule has 0 bridgehead atoms. The normalized spacial score (nSPS) is 17.8. The van der Waals surface area contributed by atoms with Crippen molar-refractivity contribution in [2.75, 3.05) is 5.32 Å².